The van der Waals surface area contributed by atoms with Crippen LogP contribution in [0.5, 0.6) is 0 Å². The topological polar surface area (TPSA) is 15.3 Å². The van der Waals surface area contributed by atoms with Crippen molar-refractivity contribution in [1.29, 1.82) is 0 Å². The van der Waals surface area contributed by atoms with E-state index in [0.29, 0.717) is 17.6 Å². The van der Waals surface area contributed by atoms with Crippen LogP contribution in [0, 0.1) is 17.6 Å². The Morgan fingerprint density at radius 2 is 2.06 bits per heavy atom. The first kappa shape index (κ1) is 13.3. The SMILES string of the molecule is CC1CNC(C)CCN(c2ccc(F)cc2F)C1. The lowest BCUT2D eigenvalue weighted by molar-refractivity contribution is 0.408. The maximum atomic E-state index is 13.8. The Hall–Kier alpha value is -1.16. The standard InChI is InChI=1S/C14H20F2N2/c1-10-8-17-11(2)5-6-18(9-10)14-4-3-12(15)7-13(14)16/h3-4,7,10-11,17H,5-6,8-9H2,1-2H3. The van der Waals surface area contributed by atoms with E-state index in [4.69, 9.17) is 0 Å². The van der Waals surface area contributed by atoms with Crippen molar-refractivity contribution in [1.82, 2.24) is 5.32 Å². The van der Waals surface area contributed by atoms with E-state index in [9.17, 15) is 8.78 Å². The van der Waals surface area contributed by atoms with Gasteiger partial charge >= 0.3 is 0 Å². The molecule has 1 aromatic carbocycles. The summed E-state index contributed by atoms with van der Waals surface area (Å²) in [6, 6.07) is 4.25. The average molecular weight is 254 g/mol. The van der Waals surface area contributed by atoms with Crippen LogP contribution in [0.15, 0.2) is 18.2 Å². The van der Waals surface area contributed by atoms with Gasteiger partial charge in [-0.05, 0) is 37.9 Å². The number of nitrogens with one attached hydrogen (secondary N) is 1. The number of nitrogens with zero attached hydrogens (tertiary/aromatic N) is 1. The Morgan fingerprint density at radius 1 is 1.28 bits per heavy atom. The number of hydrogen-bond donors (Lipinski definition) is 1. The summed E-state index contributed by atoms with van der Waals surface area (Å²) in [6.07, 6.45) is 0.962. The molecule has 0 radical (unpaired) electrons. The van der Waals surface area contributed by atoms with E-state index in [1.807, 2.05) is 4.90 Å². The summed E-state index contributed by atoms with van der Waals surface area (Å²) in [5.74, 6) is -0.549. The molecule has 1 aromatic rings. The number of halogens is 2. The molecule has 2 nitrogen and oxygen atoms in total. The van der Waals surface area contributed by atoms with Gasteiger partial charge in [-0.15, -0.1) is 0 Å². The fraction of sp³-hybridized carbons (Fsp3) is 0.571. The fourth-order valence-electron chi connectivity index (χ4n) is 2.34. The molecule has 2 atom stereocenters. The normalized spacial score (nSPS) is 25.7. The van der Waals surface area contributed by atoms with Crippen LogP contribution < -0.4 is 10.2 Å². The second-order valence-corrected chi connectivity index (χ2v) is 5.24. The minimum absolute atomic E-state index is 0.429. The molecule has 1 saturated heterocycles. The average Bonchev–Trinajstić information content (AvgIpc) is 2.30. The van der Waals surface area contributed by atoms with Crippen LogP contribution in [0.3, 0.4) is 0 Å². The van der Waals surface area contributed by atoms with Gasteiger partial charge < -0.3 is 10.2 Å². The predicted octanol–water partition coefficient (Wildman–Crippen LogP) is 2.79. The van der Waals surface area contributed by atoms with Gasteiger partial charge in [0.25, 0.3) is 0 Å². The van der Waals surface area contributed by atoms with E-state index in [-0.39, 0.29) is 0 Å². The maximum Gasteiger partial charge on any atom is 0.149 e. The van der Waals surface area contributed by atoms with Crippen molar-refractivity contribution in [2.45, 2.75) is 26.3 Å². The number of hydrogen-bond acceptors (Lipinski definition) is 2. The van der Waals surface area contributed by atoms with Crippen LogP contribution in [0.25, 0.3) is 0 Å². The van der Waals surface area contributed by atoms with Gasteiger partial charge in [0.15, 0.2) is 0 Å². The Labute approximate surface area is 107 Å². The molecule has 1 fully saturated rings. The lowest BCUT2D eigenvalue weighted by Gasteiger charge is -2.33. The molecule has 2 unspecified atom stereocenters. The molecule has 0 bridgehead atoms. The van der Waals surface area contributed by atoms with Crippen LogP contribution in [0.4, 0.5) is 14.5 Å². The molecule has 1 aliphatic rings. The first-order valence-corrected chi connectivity index (χ1v) is 6.49. The van der Waals surface area contributed by atoms with Crippen molar-refractivity contribution < 1.29 is 8.78 Å². The van der Waals surface area contributed by atoms with E-state index in [1.54, 1.807) is 0 Å². The molecule has 0 saturated carbocycles. The highest BCUT2D eigenvalue weighted by atomic mass is 19.1. The van der Waals surface area contributed by atoms with Crippen molar-refractivity contribution in [3.8, 4) is 0 Å². The maximum absolute atomic E-state index is 13.8. The Kier molecular flexibility index (Phi) is 4.17. The summed E-state index contributed by atoms with van der Waals surface area (Å²) >= 11 is 0. The highest BCUT2D eigenvalue weighted by Gasteiger charge is 2.19. The smallest absolute Gasteiger partial charge is 0.149 e. The van der Waals surface area contributed by atoms with Crippen molar-refractivity contribution in [3.05, 3.63) is 29.8 Å². The summed E-state index contributed by atoms with van der Waals surface area (Å²) in [6.45, 7) is 6.79. The van der Waals surface area contributed by atoms with E-state index >= 15 is 0 Å². The van der Waals surface area contributed by atoms with Gasteiger partial charge in [-0.2, -0.15) is 0 Å². The molecule has 1 aliphatic heterocycles. The number of anilines is 1. The van der Waals surface area contributed by atoms with Gasteiger partial charge in [0.1, 0.15) is 11.6 Å². The van der Waals surface area contributed by atoms with Gasteiger partial charge in [-0.3, -0.25) is 0 Å². The van der Waals surface area contributed by atoms with Gasteiger partial charge in [-0.25, -0.2) is 8.78 Å². The third-order valence-electron chi connectivity index (χ3n) is 3.43. The van der Waals surface area contributed by atoms with Crippen LogP contribution in [0.2, 0.25) is 0 Å². The lowest BCUT2D eigenvalue weighted by Crippen LogP contribution is -2.42. The number of benzene rings is 1. The molecule has 0 aromatic heterocycles. The van der Waals surface area contributed by atoms with Gasteiger partial charge in [0, 0.05) is 25.2 Å². The zero-order valence-electron chi connectivity index (χ0n) is 10.9. The highest BCUT2D eigenvalue weighted by Crippen LogP contribution is 2.22. The predicted molar refractivity (Wildman–Crippen MR) is 69.8 cm³/mol. The summed E-state index contributed by atoms with van der Waals surface area (Å²) in [4.78, 5) is 2.02. The summed E-state index contributed by atoms with van der Waals surface area (Å²) in [5, 5.41) is 3.45. The largest absolute Gasteiger partial charge is 0.369 e. The lowest BCUT2D eigenvalue weighted by atomic mass is 10.1. The minimum atomic E-state index is -0.522. The minimum Gasteiger partial charge on any atom is -0.369 e. The molecule has 0 amide bonds. The molecular formula is C14H20F2N2. The van der Waals surface area contributed by atoms with E-state index < -0.39 is 11.6 Å². The third-order valence-corrected chi connectivity index (χ3v) is 3.43. The molecule has 4 heteroatoms. The van der Waals surface area contributed by atoms with Crippen LogP contribution in [-0.2, 0) is 0 Å². The van der Waals surface area contributed by atoms with Gasteiger partial charge in [0.2, 0.25) is 0 Å². The fourth-order valence-corrected chi connectivity index (χ4v) is 2.34. The first-order chi connectivity index (χ1) is 8.56. The monoisotopic (exact) mass is 254 g/mol. The Balaban J connectivity index is 2.18. The van der Waals surface area contributed by atoms with E-state index in [1.165, 1.54) is 12.1 Å². The van der Waals surface area contributed by atoms with Gasteiger partial charge in [-0.1, -0.05) is 6.92 Å². The number of rotatable bonds is 1. The quantitative estimate of drug-likeness (QED) is 0.829. The van der Waals surface area contributed by atoms with E-state index in [2.05, 4.69) is 19.2 Å². The van der Waals surface area contributed by atoms with Gasteiger partial charge in [0.05, 0.1) is 5.69 Å². The van der Waals surface area contributed by atoms with Crippen molar-refractivity contribution in [2.24, 2.45) is 5.92 Å². The van der Waals surface area contributed by atoms with Crippen molar-refractivity contribution >= 4 is 5.69 Å². The Morgan fingerprint density at radius 3 is 2.78 bits per heavy atom. The van der Waals surface area contributed by atoms with E-state index in [0.717, 1.165) is 32.1 Å². The zero-order valence-corrected chi connectivity index (χ0v) is 10.9. The molecule has 0 spiro atoms. The first-order valence-electron chi connectivity index (χ1n) is 6.49. The van der Waals surface area contributed by atoms with Crippen molar-refractivity contribution in [2.75, 3.05) is 24.5 Å². The molecule has 0 aliphatic carbocycles. The molecule has 1 N–H and O–H groups in total. The zero-order chi connectivity index (χ0) is 13.1. The summed E-state index contributed by atoms with van der Waals surface area (Å²) in [7, 11) is 0. The van der Waals surface area contributed by atoms with Crippen LogP contribution in [-0.4, -0.2) is 25.7 Å². The summed E-state index contributed by atoms with van der Waals surface area (Å²) < 4.78 is 26.7. The molecule has 1 heterocycles. The highest BCUT2D eigenvalue weighted by molar-refractivity contribution is 5.48. The second kappa shape index (κ2) is 5.65. The third kappa shape index (κ3) is 3.19. The van der Waals surface area contributed by atoms with Crippen LogP contribution >= 0.6 is 0 Å². The second-order valence-electron chi connectivity index (χ2n) is 5.24. The van der Waals surface area contributed by atoms with Crippen molar-refractivity contribution in [3.63, 3.8) is 0 Å². The molecule has 100 valence electrons. The molecule has 2 rings (SSSR count). The van der Waals surface area contributed by atoms with Crippen LogP contribution in [0.1, 0.15) is 20.3 Å². The molecular weight excluding hydrogens is 234 g/mol. The Bertz CT molecular complexity index is 409. The summed E-state index contributed by atoms with van der Waals surface area (Å²) in [5.41, 5.74) is 0.511. The molecule has 18 heavy (non-hydrogen) atoms.